The highest BCUT2D eigenvalue weighted by Crippen LogP contribution is 2.20. The third kappa shape index (κ3) is 3.53. The van der Waals surface area contributed by atoms with Crippen LogP contribution in [0.25, 0.3) is 10.9 Å². The molecule has 0 radical (unpaired) electrons. The number of aliphatic carboxylic acids is 1. The second-order valence-electron chi connectivity index (χ2n) is 5.85. The van der Waals surface area contributed by atoms with Crippen LogP contribution in [0.1, 0.15) is 18.4 Å². The summed E-state index contributed by atoms with van der Waals surface area (Å²) in [6.07, 6.45) is 3.35. The van der Waals surface area contributed by atoms with Crippen LogP contribution in [0, 0.1) is 5.92 Å². The number of carbonyl (C=O) groups is 2. The fourth-order valence-electron chi connectivity index (χ4n) is 2.97. The van der Waals surface area contributed by atoms with E-state index in [9.17, 15) is 14.7 Å². The first kappa shape index (κ1) is 15.6. The Morgan fingerprint density at radius 3 is 2.78 bits per heavy atom. The smallest absolute Gasteiger partial charge is 0.326 e. The predicted molar refractivity (Wildman–Crippen MR) is 85.1 cm³/mol. The van der Waals surface area contributed by atoms with Gasteiger partial charge in [0.15, 0.2) is 0 Å². The fraction of sp³-hybridized carbons (Fsp3) is 0.412. The van der Waals surface area contributed by atoms with E-state index in [-0.39, 0.29) is 18.2 Å². The van der Waals surface area contributed by atoms with Gasteiger partial charge in [-0.05, 0) is 24.5 Å². The lowest BCUT2D eigenvalue weighted by atomic mass is 9.98. The molecule has 2 heterocycles. The maximum absolute atomic E-state index is 12.3. The normalized spacial score (nSPS) is 17.0. The average Bonchev–Trinajstić information content (AvgIpc) is 2.98. The zero-order valence-electron chi connectivity index (χ0n) is 12.7. The molecule has 0 bridgehead atoms. The molecule has 6 heteroatoms. The molecule has 1 fully saturated rings. The number of nitrogens with one attached hydrogen (secondary N) is 2. The predicted octanol–water partition coefficient (Wildman–Crippen LogP) is 1.71. The number of rotatable bonds is 5. The van der Waals surface area contributed by atoms with Gasteiger partial charge in [-0.1, -0.05) is 18.2 Å². The first-order valence-electron chi connectivity index (χ1n) is 7.81. The first-order valence-corrected chi connectivity index (χ1v) is 7.81. The Balaban J connectivity index is 1.71. The molecule has 1 aliphatic rings. The molecule has 3 N–H and O–H groups in total. The van der Waals surface area contributed by atoms with E-state index in [0.717, 1.165) is 16.5 Å². The molecule has 1 aromatic heterocycles. The van der Waals surface area contributed by atoms with E-state index >= 15 is 0 Å². The third-order valence-electron chi connectivity index (χ3n) is 4.31. The maximum Gasteiger partial charge on any atom is 0.326 e. The number of amides is 1. The topological polar surface area (TPSA) is 91.4 Å². The summed E-state index contributed by atoms with van der Waals surface area (Å²) in [6, 6.07) is 6.79. The van der Waals surface area contributed by atoms with Gasteiger partial charge >= 0.3 is 5.97 Å². The minimum atomic E-state index is -1.02. The van der Waals surface area contributed by atoms with Crippen molar-refractivity contribution in [3.8, 4) is 0 Å². The van der Waals surface area contributed by atoms with Crippen molar-refractivity contribution >= 4 is 22.8 Å². The van der Waals surface area contributed by atoms with Crippen LogP contribution >= 0.6 is 0 Å². The molecule has 1 atom stereocenters. The van der Waals surface area contributed by atoms with E-state index < -0.39 is 12.0 Å². The lowest BCUT2D eigenvalue weighted by Crippen LogP contribution is -2.45. The number of para-hydroxylation sites is 1. The summed E-state index contributed by atoms with van der Waals surface area (Å²) in [5, 5.41) is 13.1. The van der Waals surface area contributed by atoms with Crippen LogP contribution < -0.4 is 5.32 Å². The molecular formula is C17H20N2O4. The van der Waals surface area contributed by atoms with Crippen LogP contribution in [0.5, 0.6) is 0 Å². The Bertz CT molecular complexity index is 703. The average molecular weight is 316 g/mol. The lowest BCUT2D eigenvalue weighted by Gasteiger charge is -2.23. The molecule has 1 amide bonds. The van der Waals surface area contributed by atoms with E-state index in [4.69, 9.17) is 4.74 Å². The number of fused-ring (bicyclic) bond motifs is 1. The Kier molecular flexibility index (Phi) is 4.62. The zero-order valence-corrected chi connectivity index (χ0v) is 12.7. The molecule has 0 saturated carbocycles. The minimum absolute atomic E-state index is 0.159. The van der Waals surface area contributed by atoms with Gasteiger partial charge < -0.3 is 20.1 Å². The van der Waals surface area contributed by atoms with Gasteiger partial charge in [-0.15, -0.1) is 0 Å². The van der Waals surface area contributed by atoms with Crippen molar-refractivity contribution in [1.29, 1.82) is 0 Å². The SMILES string of the molecule is O=C(N[C@H](Cc1c[nH]c2ccccc12)C(=O)O)C1CCOCC1. The maximum atomic E-state index is 12.3. The molecule has 122 valence electrons. The molecule has 3 rings (SSSR count). The number of hydrogen-bond acceptors (Lipinski definition) is 3. The molecule has 2 aromatic rings. The highest BCUT2D eigenvalue weighted by molar-refractivity contribution is 5.87. The first-order chi connectivity index (χ1) is 11.1. The van der Waals surface area contributed by atoms with Crippen LogP contribution in [0.15, 0.2) is 30.5 Å². The molecule has 1 aliphatic heterocycles. The number of aromatic amines is 1. The number of carboxylic acid groups (broad SMARTS) is 1. The van der Waals surface area contributed by atoms with Gasteiger partial charge in [0.2, 0.25) is 5.91 Å². The lowest BCUT2D eigenvalue weighted by molar-refractivity contribution is -0.143. The van der Waals surface area contributed by atoms with E-state index in [2.05, 4.69) is 10.3 Å². The zero-order chi connectivity index (χ0) is 16.2. The van der Waals surface area contributed by atoms with Crippen molar-refractivity contribution < 1.29 is 19.4 Å². The van der Waals surface area contributed by atoms with Crippen LogP contribution in [-0.2, 0) is 20.7 Å². The second kappa shape index (κ2) is 6.83. The summed E-state index contributed by atoms with van der Waals surface area (Å²) in [4.78, 5) is 26.9. The Hall–Kier alpha value is -2.34. The van der Waals surface area contributed by atoms with Crippen molar-refractivity contribution in [2.75, 3.05) is 13.2 Å². The van der Waals surface area contributed by atoms with Gasteiger partial charge in [0.05, 0.1) is 0 Å². The van der Waals surface area contributed by atoms with Crippen LogP contribution in [-0.4, -0.2) is 41.2 Å². The van der Waals surface area contributed by atoms with Gasteiger partial charge in [-0.25, -0.2) is 4.79 Å². The summed E-state index contributed by atoms with van der Waals surface area (Å²) in [5.74, 6) is -1.37. The molecule has 0 unspecified atom stereocenters. The Morgan fingerprint density at radius 2 is 2.04 bits per heavy atom. The van der Waals surface area contributed by atoms with Crippen molar-refractivity contribution in [3.63, 3.8) is 0 Å². The van der Waals surface area contributed by atoms with Gasteiger partial charge in [-0.2, -0.15) is 0 Å². The number of carboxylic acids is 1. The Labute approximate surface area is 133 Å². The van der Waals surface area contributed by atoms with Crippen LogP contribution in [0.4, 0.5) is 0 Å². The molecular weight excluding hydrogens is 296 g/mol. The molecule has 0 spiro atoms. The third-order valence-corrected chi connectivity index (χ3v) is 4.31. The molecule has 1 aromatic carbocycles. The number of aromatic nitrogens is 1. The monoisotopic (exact) mass is 316 g/mol. The van der Waals surface area contributed by atoms with Crippen LogP contribution in [0.3, 0.4) is 0 Å². The van der Waals surface area contributed by atoms with Crippen molar-refractivity contribution in [3.05, 3.63) is 36.0 Å². The van der Waals surface area contributed by atoms with Crippen LogP contribution in [0.2, 0.25) is 0 Å². The summed E-state index contributed by atoms with van der Waals surface area (Å²) >= 11 is 0. The number of carbonyl (C=O) groups excluding carboxylic acids is 1. The molecule has 0 aliphatic carbocycles. The fourth-order valence-corrected chi connectivity index (χ4v) is 2.97. The standard InChI is InChI=1S/C17H20N2O4/c20-16(11-5-7-23-8-6-11)19-15(17(21)22)9-12-10-18-14-4-2-1-3-13(12)14/h1-4,10-11,15,18H,5-9H2,(H,19,20)(H,21,22)/t15-/m1/s1. The van der Waals surface area contributed by atoms with Crippen molar-refractivity contribution in [1.82, 2.24) is 10.3 Å². The molecule has 23 heavy (non-hydrogen) atoms. The van der Waals surface area contributed by atoms with Crippen molar-refractivity contribution in [2.24, 2.45) is 5.92 Å². The quantitative estimate of drug-likeness (QED) is 0.783. The van der Waals surface area contributed by atoms with Gasteiger partial charge in [0.1, 0.15) is 6.04 Å². The number of ether oxygens (including phenoxy) is 1. The van der Waals surface area contributed by atoms with E-state index in [1.54, 1.807) is 6.20 Å². The van der Waals surface area contributed by atoms with E-state index in [0.29, 0.717) is 26.1 Å². The van der Waals surface area contributed by atoms with E-state index in [1.165, 1.54) is 0 Å². The summed E-state index contributed by atoms with van der Waals surface area (Å²) in [6.45, 7) is 1.11. The number of hydrogen-bond donors (Lipinski definition) is 3. The molecule has 6 nitrogen and oxygen atoms in total. The van der Waals surface area contributed by atoms with E-state index in [1.807, 2.05) is 24.3 Å². The molecule has 1 saturated heterocycles. The van der Waals surface area contributed by atoms with Gasteiger partial charge in [0.25, 0.3) is 0 Å². The Morgan fingerprint density at radius 1 is 1.30 bits per heavy atom. The summed E-state index contributed by atoms with van der Waals surface area (Å²) < 4.78 is 5.24. The largest absolute Gasteiger partial charge is 0.480 e. The summed E-state index contributed by atoms with van der Waals surface area (Å²) in [5.41, 5.74) is 1.85. The number of H-pyrrole nitrogens is 1. The van der Waals surface area contributed by atoms with Crippen molar-refractivity contribution in [2.45, 2.75) is 25.3 Å². The van der Waals surface area contributed by atoms with Gasteiger partial charge in [-0.3, -0.25) is 4.79 Å². The number of benzene rings is 1. The highest BCUT2D eigenvalue weighted by Gasteiger charge is 2.27. The minimum Gasteiger partial charge on any atom is -0.480 e. The summed E-state index contributed by atoms with van der Waals surface area (Å²) in [7, 11) is 0. The highest BCUT2D eigenvalue weighted by atomic mass is 16.5. The van der Waals surface area contributed by atoms with Gasteiger partial charge in [0, 0.05) is 42.7 Å². The second-order valence-corrected chi connectivity index (χ2v) is 5.85.